The second-order valence-corrected chi connectivity index (χ2v) is 5.20. The highest BCUT2D eigenvalue weighted by Crippen LogP contribution is 2.22. The molecule has 1 fully saturated rings. The SMILES string of the molecule is Cc1cccc(N2CCNC(c3ccccc3)C2)c1. The number of hydrogen-bond donors (Lipinski definition) is 1. The smallest absolute Gasteiger partial charge is 0.0498 e. The molecule has 1 aliphatic heterocycles. The van der Waals surface area contributed by atoms with Crippen LogP contribution in [0, 0.1) is 6.92 Å². The van der Waals surface area contributed by atoms with E-state index >= 15 is 0 Å². The summed E-state index contributed by atoms with van der Waals surface area (Å²) in [4.78, 5) is 2.47. The van der Waals surface area contributed by atoms with Crippen LogP contribution >= 0.6 is 0 Å². The Bertz CT molecular complexity index is 536. The Morgan fingerprint density at radius 2 is 1.89 bits per heavy atom. The molecule has 2 heteroatoms. The summed E-state index contributed by atoms with van der Waals surface area (Å²) < 4.78 is 0. The second-order valence-electron chi connectivity index (χ2n) is 5.20. The van der Waals surface area contributed by atoms with Crippen LogP contribution in [0.2, 0.25) is 0 Å². The van der Waals surface area contributed by atoms with Gasteiger partial charge < -0.3 is 10.2 Å². The van der Waals surface area contributed by atoms with E-state index in [1.54, 1.807) is 0 Å². The third-order valence-corrected chi connectivity index (χ3v) is 3.74. The van der Waals surface area contributed by atoms with Gasteiger partial charge in [-0.15, -0.1) is 0 Å². The predicted molar refractivity (Wildman–Crippen MR) is 80.6 cm³/mol. The molecule has 0 aliphatic carbocycles. The van der Waals surface area contributed by atoms with Gasteiger partial charge in [0.15, 0.2) is 0 Å². The Kier molecular flexibility index (Phi) is 3.51. The van der Waals surface area contributed by atoms with Gasteiger partial charge in [0.2, 0.25) is 0 Å². The Balaban J connectivity index is 1.78. The molecular formula is C17H20N2. The minimum atomic E-state index is 0.426. The normalized spacial score (nSPS) is 19.4. The Labute approximate surface area is 115 Å². The predicted octanol–water partition coefficient (Wildman–Crippen LogP) is 3.15. The Hall–Kier alpha value is -1.80. The van der Waals surface area contributed by atoms with Crippen LogP contribution in [0.1, 0.15) is 17.2 Å². The van der Waals surface area contributed by atoms with E-state index in [0.717, 1.165) is 19.6 Å². The number of anilines is 1. The van der Waals surface area contributed by atoms with Gasteiger partial charge in [0, 0.05) is 31.4 Å². The van der Waals surface area contributed by atoms with Gasteiger partial charge in [-0.05, 0) is 30.2 Å². The van der Waals surface area contributed by atoms with Crippen LogP contribution in [0.15, 0.2) is 54.6 Å². The van der Waals surface area contributed by atoms with Crippen LogP contribution in [0.3, 0.4) is 0 Å². The standard InChI is InChI=1S/C17H20N2/c1-14-6-5-9-16(12-14)19-11-10-18-17(13-19)15-7-3-2-4-8-15/h2-9,12,17-18H,10-11,13H2,1H3. The monoisotopic (exact) mass is 252 g/mol. The van der Waals surface area contributed by atoms with Crippen molar-refractivity contribution in [3.05, 3.63) is 65.7 Å². The summed E-state index contributed by atoms with van der Waals surface area (Å²) in [6.45, 7) is 5.30. The van der Waals surface area contributed by atoms with Crippen LogP contribution in [0.5, 0.6) is 0 Å². The molecule has 0 bridgehead atoms. The van der Waals surface area contributed by atoms with E-state index in [-0.39, 0.29) is 0 Å². The Morgan fingerprint density at radius 3 is 2.68 bits per heavy atom. The molecule has 0 saturated carbocycles. The number of hydrogen-bond acceptors (Lipinski definition) is 2. The zero-order valence-electron chi connectivity index (χ0n) is 11.3. The summed E-state index contributed by atoms with van der Waals surface area (Å²) in [5, 5.41) is 3.61. The fourth-order valence-corrected chi connectivity index (χ4v) is 2.72. The van der Waals surface area contributed by atoms with E-state index in [9.17, 15) is 0 Å². The second kappa shape index (κ2) is 5.45. The largest absolute Gasteiger partial charge is 0.368 e. The molecule has 98 valence electrons. The fourth-order valence-electron chi connectivity index (χ4n) is 2.72. The van der Waals surface area contributed by atoms with Crippen molar-refractivity contribution in [1.82, 2.24) is 5.32 Å². The van der Waals surface area contributed by atoms with Crippen molar-refractivity contribution in [3.63, 3.8) is 0 Å². The number of nitrogens with zero attached hydrogens (tertiary/aromatic N) is 1. The lowest BCUT2D eigenvalue weighted by Crippen LogP contribution is -2.45. The number of benzene rings is 2. The molecule has 1 aliphatic rings. The number of rotatable bonds is 2. The average molecular weight is 252 g/mol. The molecule has 0 spiro atoms. The number of piperazine rings is 1. The molecule has 1 N–H and O–H groups in total. The van der Waals surface area contributed by atoms with Crippen molar-refractivity contribution in [1.29, 1.82) is 0 Å². The van der Waals surface area contributed by atoms with Gasteiger partial charge in [-0.1, -0.05) is 42.5 Å². The highest BCUT2D eigenvalue weighted by Gasteiger charge is 2.20. The topological polar surface area (TPSA) is 15.3 Å². The molecule has 2 nitrogen and oxygen atoms in total. The first-order chi connectivity index (χ1) is 9.33. The maximum atomic E-state index is 3.61. The molecule has 1 heterocycles. The van der Waals surface area contributed by atoms with Crippen molar-refractivity contribution >= 4 is 5.69 Å². The molecule has 1 unspecified atom stereocenters. The van der Waals surface area contributed by atoms with Crippen molar-refractivity contribution in [2.24, 2.45) is 0 Å². The van der Waals surface area contributed by atoms with E-state index in [1.165, 1.54) is 16.8 Å². The number of aryl methyl sites for hydroxylation is 1. The van der Waals surface area contributed by atoms with Crippen molar-refractivity contribution in [2.45, 2.75) is 13.0 Å². The van der Waals surface area contributed by atoms with Gasteiger partial charge in [0.1, 0.15) is 0 Å². The molecule has 2 aromatic rings. The molecule has 0 radical (unpaired) electrons. The van der Waals surface area contributed by atoms with Gasteiger partial charge in [0.25, 0.3) is 0 Å². The highest BCUT2D eigenvalue weighted by atomic mass is 15.2. The molecule has 0 amide bonds. The van der Waals surface area contributed by atoms with E-state index in [1.807, 2.05) is 0 Å². The first-order valence-corrected chi connectivity index (χ1v) is 6.93. The lowest BCUT2D eigenvalue weighted by Gasteiger charge is -2.35. The summed E-state index contributed by atoms with van der Waals surface area (Å²) in [5.74, 6) is 0. The van der Waals surface area contributed by atoms with Crippen LogP contribution in [0.25, 0.3) is 0 Å². The summed E-state index contributed by atoms with van der Waals surface area (Å²) in [7, 11) is 0. The third kappa shape index (κ3) is 2.79. The van der Waals surface area contributed by atoms with E-state index in [0.29, 0.717) is 6.04 Å². The highest BCUT2D eigenvalue weighted by molar-refractivity contribution is 5.49. The zero-order valence-corrected chi connectivity index (χ0v) is 11.3. The molecule has 19 heavy (non-hydrogen) atoms. The molecule has 2 aromatic carbocycles. The van der Waals surface area contributed by atoms with Crippen LogP contribution in [0.4, 0.5) is 5.69 Å². The van der Waals surface area contributed by atoms with Gasteiger partial charge in [-0.3, -0.25) is 0 Å². The first kappa shape index (κ1) is 12.2. The summed E-state index contributed by atoms with van der Waals surface area (Å²) >= 11 is 0. The average Bonchev–Trinajstić information content (AvgIpc) is 2.48. The quantitative estimate of drug-likeness (QED) is 0.883. The molecule has 1 atom stereocenters. The summed E-state index contributed by atoms with van der Waals surface area (Å²) in [5.41, 5.74) is 4.04. The lowest BCUT2D eigenvalue weighted by atomic mass is 10.0. The molecular weight excluding hydrogens is 232 g/mol. The fraction of sp³-hybridized carbons (Fsp3) is 0.294. The van der Waals surface area contributed by atoms with E-state index in [4.69, 9.17) is 0 Å². The van der Waals surface area contributed by atoms with Crippen LogP contribution < -0.4 is 10.2 Å². The minimum absolute atomic E-state index is 0.426. The zero-order chi connectivity index (χ0) is 13.1. The van der Waals surface area contributed by atoms with Crippen LogP contribution in [-0.2, 0) is 0 Å². The minimum Gasteiger partial charge on any atom is -0.368 e. The maximum Gasteiger partial charge on any atom is 0.0498 e. The van der Waals surface area contributed by atoms with Crippen LogP contribution in [-0.4, -0.2) is 19.6 Å². The van der Waals surface area contributed by atoms with Crippen molar-refractivity contribution < 1.29 is 0 Å². The van der Waals surface area contributed by atoms with Gasteiger partial charge >= 0.3 is 0 Å². The molecule has 0 aromatic heterocycles. The number of nitrogens with one attached hydrogen (secondary N) is 1. The summed E-state index contributed by atoms with van der Waals surface area (Å²) in [6, 6.07) is 19.9. The third-order valence-electron chi connectivity index (χ3n) is 3.74. The van der Waals surface area contributed by atoms with Gasteiger partial charge in [-0.2, -0.15) is 0 Å². The molecule has 1 saturated heterocycles. The maximum absolute atomic E-state index is 3.61. The Morgan fingerprint density at radius 1 is 1.05 bits per heavy atom. The van der Waals surface area contributed by atoms with E-state index in [2.05, 4.69) is 71.7 Å². The molecule has 3 rings (SSSR count). The van der Waals surface area contributed by atoms with Crippen molar-refractivity contribution in [2.75, 3.05) is 24.5 Å². The van der Waals surface area contributed by atoms with E-state index < -0.39 is 0 Å². The summed E-state index contributed by atoms with van der Waals surface area (Å²) in [6.07, 6.45) is 0. The lowest BCUT2D eigenvalue weighted by molar-refractivity contribution is 0.472. The van der Waals surface area contributed by atoms with Gasteiger partial charge in [0.05, 0.1) is 0 Å². The van der Waals surface area contributed by atoms with Crippen molar-refractivity contribution in [3.8, 4) is 0 Å². The first-order valence-electron chi connectivity index (χ1n) is 6.93. The van der Waals surface area contributed by atoms with Gasteiger partial charge in [-0.25, -0.2) is 0 Å².